The number of aromatic amines is 1. The monoisotopic (exact) mass is 424 g/mol. The fourth-order valence-electron chi connectivity index (χ4n) is 5.17. The van der Waals surface area contributed by atoms with Gasteiger partial charge in [0, 0.05) is 12.5 Å². The van der Waals surface area contributed by atoms with Crippen LogP contribution in [0.2, 0.25) is 0 Å². The molecule has 0 spiro atoms. The molecule has 2 aliphatic rings. The highest BCUT2D eigenvalue weighted by Gasteiger charge is 2.24. The predicted octanol–water partition coefficient (Wildman–Crippen LogP) is 6.26. The van der Waals surface area contributed by atoms with Crippen molar-refractivity contribution in [2.24, 2.45) is 11.8 Å². The minimum Gasteiger partial charge on any atom is -0.476 e. The molecule has 1 N–H and O–H groups in total. The van der Waals surface area contributed by atoms with Gasteiger partial charge in [0.25, 0.3) is 0 Å². The van der Waals surface area contributed by atoms with Gasteiger partial charge in [0.05, 0.1) is 18.9 Å². The molecule has 2 fully saturated rings. The van der Waals surface area contributed by atoms with Crippen LogP contribution < -0.4 is 4.74 Å². The number of nitrogens with zero attached hydrogens (tertiary/aromatic N) is 1. The highest BCUT2D eigenvalue weighted by molar-refractivity contribution is 5.69. The first-order valence-corrected chi connectivity index (χ1v) is 12.2. The molecule has 168 valence electrons. The quantitative estimate of drug-likeness (QED) is 0.508. The summed E-state index contributed by atoms with van der Waals surface area (Å²) in [6, 6.07) is 10.9. The molecule has 1 aromatic carbocycles. The number of rotatable bonds is 8. The molecule has 0 saturated heterocycles. The van der Waals surface area contributed by atoms with Crippen LogP contribution in [0.5, 0.6) is 5.88 Å². The van der Waals surface area contributed by atoms with E-state index in [1.165, 1.54) is 37.7 Å². The number of aromatic nitrogens is 2. The molecule has 2 aromatic rings. The molecule has 2 saturated carbocycles. The summed E-state index contributed by atoms with van der Waals surface area (Å²) in [4.78, 5) is 11.7. The van der Waals surface area contributed by atoms with Crippen LogP contribution in [0, 0.1) is 11.8 Å². The Kier molecular flexibility index (Phi) is 7.66. The largest absolute Gasteiger partial charge is 0.476 e. The Morgan fingerprint density at radius 1 is 1.00 bits per heavy atom. The molecule has 2 aliphatic carbocycles. The van der Waals surface area contributed by atoms with Gasteiger partial charge in [-0.05, 0) is 74.3 Å². The molecule has 0 radical (unpaired) electrons. The maximum Gasteiger partial charge on any atom is 0.306 e. The van der Waals surface area contributed by atoms with Crippen molar-refractivity contribution in [2.75, 3.05) is 13.2 Å². The van der Waals surface area contributed by atoms with E-state index in [1.54, 1.807) is 0 Å². The van der Waals surface area contributed by atoms with E-state index in [0.29, 0.717) is 36.7 Å². The van der Waals surface area contributed by atoms with E-state index in [1.807, 2.05) is 13.0 Å². The third kappa shape index (κ3) is 6.11. The van der Waals surface area contributed by atoms with Crippen LogP contribution in [0.25, 0.3) is 11.3 Å². The summed E-state index contributed by atoms with van der Waals surface area (Å²) in [5.41, 5.74) is 3.54. The number of hydrogen-bond donors (Lipinski definition) is 1. The van der Waals surface area contributed by atoms with E-state index < -0.39 is 0 Å². The number of nitrogens with one attached hydrogen (secondary N) is 1. The highest BCUT2D eigenvalue weighted by Crippen LogP contribution is 2.37. The van der Waals surface area contributed by atoms with Gasteiger partial charge in [0.15, 0.2) is 0 Å². The molecular weight excluding hydrogens is 388 g/mol. The van der Waals surface area contributed by atoms with Crippen molar-refractivity contribution in [3.8, 4) is 17.1 Å². The number of H-pyrrole nitrogens is 1. The minimum atomic E-state index is -0.0445. The third-order valence-corrected chi connectivity index (χ3v) is 7.05. The Hall–Kier alpha value is -2.30. The fraction of sp³-hybridized carbons (Fsp3) is 0.615. The summed E-state index contributed by atoms with van der Waals surface area (Å²) in [5.74, 6) is 2.40. The maximum absolute atomic E-state index is 11.7. The third-order valence-electron chi connectivity index (χ3n) is 7.05. The fourth-order valence-corrected chi connectivity index (χ4v) is 5.17. The average Bonchev–Trinajstić information content (AvgIpc) is 3.28. The van der Waals surface area contributed by atoms with Gasteiger partial charge in [-0.15, -0.1) is 5.10 Å². The first-order valence-electron chi connectivity index (χ1n) is 12.2. The van der Waals surface area contributed by atoms with Crippen molar-refractivity contribution in [2.45, 2.75) is 77.0 Å². The molecule has 0 aliphatic heterocycles. The van der Waals surface area contributed by atoms with Crippen LogP contribution in [0.1, 0.15) is 82.6 Å². The Morgan fingerprint density at radius 2 is 1.74 bits per heavy atom. The molecule has 31 heavy (non-hydrogen) atoms. The molecule has 5 heteroatoms. The lowest BCUT2D eigenvalue weighted by atomic mass is 9.77. The van der Waals surface area contributed by atoms with Gasteiger partial charge in [-0.2, -0.15) is 0 Å². The van der Waals surface area contributed by atoms with Crippen molar-refractivity contribution in [3.63, 3.8) is 0 Å². The maximum atomic E-state index is 11.7. The molecule has 4 rings (SSSR count). The first kappa shape index (κ1) is 21.9. The second-order valence-corrected chi connectivity index (χ2v) is 9.28. The molecule has 0 unspecified atom stereocenters. The summed E-state index contributed by atoms with van der Waals surface area (Å²) in [7, 11) is 0. The van der Waals surface area contributed by atoms with E-state index >= 15 is 0 Å². The second kappa shape index (κ2) is 10.8. The van der Waals surface area contributed by atoms with Crippen LogP contribution >= 0.6 is 0 Å². The predicted molar refractivity (Wildman–Crippen MR) is 122 cm³/mol. The zero-order valence-corrected chi connectivity index (χ0v) is 18.8. The zero-order chi connectivity index (χ0) is 21.5. The smallest absolute Gasteiger partial charge is 0.306 e. The van der Waals surface area contributed by atoms with Gasteiger partial charge in [-0.3, -0.25) is 9.89 Å². The van der Waals surface area contributed by atoms with Gasteiger partial charge < -0.3 is 9.47 Å². The molecule has 1 heterocycles. The summed E-state index contributed by atoms with van der Waals surface area (Å²) in [6.45, 7) is 3.13. The van der Waals surface area contributed by atoms with Crippen LogP contribution in [-0.2, 0) is 9.53 Å². The van der Waals surface area contributed by atoms with Crippen molar-refractivity contribution in [1.29, 1.82) is 0 Å². The van der Waals surface area contributed by atoms with Crippen LogP contribution in [0.15, 0.2) is 30.3 Å². The van der Waals surface area contributed by atoms with E-state index in [0.717, 1.165) is 43.5 Å². The molecule has 5 nitrogen and oxygen atoms in total. The summed E-state index contributed by atoms with van der Waals surface area (Å²) >= 11 is 0. The van der Waals surface area contributed by atoms with Crippen LogP contribution in [0.4, 0.5) is 0 Å². The molecular formula is C26H36N2O3. The molecule has 1 aromatic heterocycles. The van der Waals surface area contributed by atoms with Gasteiger partial charge in [0.1, 0.15) is 0 Å². The standard InChI is InChI=1S/C26H36N2O3/c1-2-30-26(29)16-19-8-10-21(11-9-19)22-12-14-23(15-13-22)24-17-25(28-27-24)31-18-20-6-4-3-5-7-20/h12-15,17,19-21H,2-11,16,18H2,1H3,(H,27,28). The van der Waals surface area contributed by atoms with Crippen molar-refractivity contribution >= 4 is 5.97 Å². The van der Waals surface area contributed by atoms with Gasteiger partial charge in [0.2, 0.25) is 5.88 Å². The number of carbonyl (C=O) groups is 1. The zero-order valence-electron chi connectivity index (χ0n) is 18.8. The molecule has 0 atom stereocenters. The Labute approximate surface area is 185 Å². The number of ether oxygens (including phenoxy) is 2. The molecule has 0 amide bonds. The number of hydrogen-bond acceptors (Lipinski definition) is 4. The van der Waals surface area contributed by atoms with E-state index in [-0.39, 0.29) is 5.97 Å². The summed E-state index contributed by atoms with van der Waals surface area (Å²) in [6.07, 6.45) is 11.7. The normalized spacial score (nSPS) is 22.2. The van der Waals surface area contributed by atoms with E-state index in [9.17, 15) is 4.79 Å². The summed E-state index contributed by atoms with van der Waals surface area (Å²) < 4.78 is 11.0. The molecule has 0 bridgehead atoms. The Bertz CT molecular complexity index is 815. The average molecular weight is 425 g/mol. The van der Waals surface area contributed by atoms with Gasteiger partial charge in [-0.25, -0.2) is 0 Å². The lowest BCUT2D eigenvalue weighted by molar-refractivity contribution is -0.144. The van der Waals surface area contributed by atoms with Gasteiger partial charge >= 0.3 is 5.97 Å². The van der Waals surface area contributed by atoms with E-state index in [2.05, 4.69) is 34.5 Å². The summed E-state index contributed by atoms with van der Waals surface area (Å²) in [5, 5.41) is 7.47. The van der Waals surface area contributed by atoms with Crippen LogP contribution in [0.3, 0.4) is 0 Å². The Morgan fingerprint density at radius 3 is 2.45 bits per heavy atom. The Balaban J connectivity index is 1.27. The lowest BCUT2D eigenvalue weighted by Crippen LogP contribution is -2.17. The van der Waals surface area contributed by atoms with Crippen molar-refractivity contribution < 1.29 is 14.3 Å². The SMILES string of the molecule is CCOC(=O)CC1CCC(c2ccc(-c3cc(OCC4CCCCC4)n[nH]3)cc2)CC1. The van der Waals surface area contributed by atoms with Crippen LogP contribution in [-0.4, -0.2) is 29.4 Å². The second-order valence-electron chi connectivity index (χ2n) is 9.28. The van der Waals surface area contributed by atoms with E-state index in [4.69, 9.17) is 9.47 Å². The van der Waals surface area contributed by atoms with Gasteiger partial charge in [-0.1, -0.05) is 43.5 Å². The number of benzene rings is 1. The number of esters is 1. The topological polar surface area (TPSA) is 64.2 Å². The lowest BCUT2D eigenvalue weighted by Gasteiger charge is -2.28. The first-order chi connectivity index (χ1) is 15.2. The highest BCUT2D eigenvalue weighted by atomic mass is 16.5. The van der Waals surface area contributed by atoms with Crippen molar-refractivity contribution in [1.82, 2.24) is 10.2 Å². The minimum absolute atomic E-state index is 0.0445. The van der Waals surface area contributed by atoms with Crippen molar-refractivity contribution in [3.05, 3.63) is 35.9 Å². The number of carbonyl (C=O) groups excluding carboxylic acids is 1.